The summed E-state index contributed by atoms with van der Waals surface area (Å²) < 4.78 is 12.9. The third-order valence-corrected chi connectivity index (χ3v) is 2.51. The first-order valence-corrected chi connectivity index (χ1v) is 5.71. The lowest BCUT2D eigenvalue weighted by molar-refractivity contribution is 0.0629. The second kappa shape index (κ2) is 5.77. The highest BCUT2D eigenvalue weighted by Crippen LogP contribution is 2.17. The predicted octanol–water partition coefficient (Wildman–Crippen LogP) is 1.88. The lowest BCUT2D eigenvalue weighted by Crippen LogP contribution is -2.33. The number of anilines is 1. The molecule has 1 unspecified atom stereocenters. The van der Waals surface area contributed by atoms with Crippen LogP contribution in [0.1, 0.15) is 37.0 Å². The van der Waals surface area contributed by atoms with Gasteiger partial charge in [-0.15, -0.1) is 0 Å². The van der Waals surface area contributed by atoms with Gasteiger partial charge in [0.2, 0.25) is 0 Å². The first-order chi connectivity index (χ1) is 8.35. The Balaban J connectivity index is 2.82. The molecule has 0 amide bonds. The normalized spacial score (nSPS) is 14.0. The Morgan fingerprint density at radius 3 is 2.83 bits per heavy atom. The second-order valence-electron chi connectivity index (χ2n) is 4.46. The molecular weight excluding hydrogens is 239 g/mol. The molecule has 6 heteroatoms. The van der Waals surface area contributed by atoms with Crippen molar-refractivity contribution in [1.82, 2.24) is 4.98 Å². The largest absolute Gasteiger partial charge is 0.478 e. The number of halogens is 1. The molecule has 1 aromatic heterocycles. The van der Waals surface area contributed by atoms with Crippen LogP contribution < -0.4 is 5.32 Å². The van der Waals surface area contributed by atoms with Crippen molar-refractivity contribution in [3.05, 3.63) is 23.6 Å². The van der Waals surface area contributed by atoms with Gasteiger partial charge >= 0.3 is 5.97 Å². The van der Waals surface area contributed by atoms with E-state index < -0.39 is 17.4 Å². The molecule has 100 valence electrons. The molecule has 0 aliphatic heterocycles. The van der Waals surface area contributed by atoms with Crippen molar-refractivity contribution in [3.63, 3.8) is 0 Å². The van der Waals surface area contributed by atoms with Crippen molar-refractivity contribution >= 4 is 11.8 Å². The molecule has 0 saturated heterocycles. The van der Waals surface area contributed by atoms with Gasteiger partial charge in [0.15, 0.2) is 0 Å². The van der Waals surface area contributed by atoms with E-state index in [1.165, 1.54) is 0 Å². The minimum atomic E-state index is -1.26. The zero-order valence-corrected chi connectivity index (χ0v) is 10.4. The lowest BCUT2D eigenvalue weighted by Gasteiger charge is -2.23. The molecule has 1 aromatic rings. The van der Waals surface area contributed by atoms with Crippen molar-refractivity contribution in [2.45, 2.75) is 32.3 Å². The van der Waals surface area contributed by atoms with E-state index >= 15 is 0 Å². The van der Waals surface area contributed by atoms with Crippen molar-refractivity contribution in [3.8, 4) is 0 Å². The number of aliphatic hydroxyl groups is 1. The van der Waals surface area contributed by atoms with Gasteiger partial charge < -0.3 is 15.5 Å². The van der Waals surface area contributed by atoms with Gasteiger partial charge in [-0.2, -0.15) is 0 Å². The van der Waals surface area contributed by atoms with Gasteiger partial charge in [-0.05, 0) is 19.4 Å². The van der Waals surface area contributed by atoms with Gasteiger partial charge in [0, 0.05) is 6.54 Å². The van der Waals surface area contributed by atoms with Crippen molar-refractivity contribution in [2.75, 3.05) is 11.9 Å². The van der Waals surface area contributed by atoms with Crippen LogP contribution in [0.15, 0.2) is 12.3 Å². The number of rotatable bonds is 6. The smallest absolute Gasteiger partial charge is 0.339 e. The zero-order chi connectivity index (χ0) is 13.8. The number of aromatic nitrogens is 1. The van der Waals surface area contributed by atoms with Crippen molar-refractivity contribution in [2.24, 2.45) is 0 Å². The van der Waals surface area contributed by atoms with Crippen LogP contribution in [-0.2, 0) is 0 Å². The van der Waals surface area contributed by atoms with Crippen LogP contribution >= 0.6 is 0 Å². The maximum absolute atomic E-state index is 12.9. The third kappa shape index (κ3) is 3.96. The van der Waals surface area contributed by atoms with Crippen LogP contribution in [-0.4, -0.2) is 33.3 Å². The number of nitrogens with one attached hydrogen (secondary N) is 1. The van der Waals surface area contributed by atoms with E-state index in [0.717, 1.165) is 18.7 Å². The van der Waals surface area contributed by atoms with E-state index in [4.69, 9.17) is 5.11 Å². The SMILES string of the molecule is CCCC(C)(O)CNc1ncc(F)cc1C(=O)O. The number of carboxylic acid groups (broad SMARTS) is 1. The Kier molecular flexibility index (Phi) is 4.61. The molecule has 0 aromatic carbocycles. The van der Waals surface area contributed by atoms with E-state index in [1.807, 2.05) is 6.92 Å². The van der Waals surface area contributed by atoms with E-state index in [1.54, 1.807) is 6.92 Å². The lowest BCUT2D eigenvalue weighted by atomic mass is 10.0. The van der Waals surface area contributed by atoms with Gasteiger partial charge in [0.05, 0.1) is 11.8 Å². The standard InChI is InChI=1S/C12H17FN2O3/c1-3-4-12(2,18)7-15-10-9(11(16)17)5-8(13)6-14-10/h5-6,18H,3-4,7H2,1-2H3,(H,14,15)(H,16,17). The Bertz CT molecular complexity index is 435. The van der Waals surface area contributed by atoms with Crippen LogP contribution in [0.3, 0.4) is 0 Å². The number of aromatic carboxylic acids is 1. The molecular formula is C12H17FN2O3. The number of carbonyl (C=O) groups is 1. The maximum Gasteiger partial charge on any atom is 0.339 e. The quantitative estimate of drug-likeness (QED) is 0.724. The van der Waals surface area contributed by atoms with Crippen LogP contribution in [0.4, 0.5) is 10.2 Å². The highest BCUT2D eigenvalue weighted by molar-refractivity contribution is 5.93. The van der Waals surface area contributed by atoms with E-state index in [-0.39, 0.29) is 17.9 Å². The minimum Gasteiger partial charge on any atom is -0.478 e. The molecule has 1 atom stereocenters. The Hall–Kier alpha value is -1.69. The number of hydrogen-bond donors (Lipinski definition) is 3. The fourth-order valence-electron chi connectivity index (χ4n) is 1.64. The van der Waals surface area contributed by atoms with Gasteiger partial charge in [-0.3, -0.25) is 0 Å². The molecule has 0 bridgehead atoms. The molecule has 0 aliphatic carbocycles. The average molecular weight is 256 g/mol. The van der Waals surface area contributed by atoms with E-state index in [9.17, 15) is 14.3 Å². The predicted molar refractivity (Wildman–Crippen MR) is 65.2 cm³/mol. The molecule has 0 fully saturated rings. The van der Waals surface area contributed by atoms with E-state index in [2.05, 4.69) is 10.3 Å². The molecule has 0 saturated carbocycles. The Morgan fingerprint density at radius 2 is 2.28 bits per heavy atom. The highest BCUT2D eigenvalue weighted by Gasteiger charge is 2.20. The highest BCUT2D eigenvalue weighted by atomic mass is 19.1. The Labute approximate surface area is 105 Å². The van der Waals surface area contributed by atoms with Crippen LogP contribution in [0.5, 0.6) is 0 Å². The first-order valence-electron chi connectivity index (χ1n) is 5.71. The Morgan fingerprint density at radius 1 is 1.61 bits per heavy atom. The summed E-state index contributed by atoms with van der Waals surface area (Å²) in [6.07, 6.45) is 2.31. The van der Waals surface area contributed by atoms with Crippen LogP contribution in [0.25, 0.3) is 0 Å². The fraction of sp³-hybridized carbons (Fsp3) is 0.500. The van der Waals surface area contributed by atoms with Gasteiger partial charge in [-0.1, -0.05) is 13.3 Å². The molecule has 18 heavy (non-hydrogen) atoms. The fourth-order valence-corrected chi connectivity index (χ4v) is 1.64. The molecule has 1 heterocycles. The summed E-state index contributed by atoms with van der Waals surface area (Å²) in [6, 6.07) is 0.895. The average Bonchev–Trinajstić information content (AvgIpc) is 2.27. The summed E-state index contributed by atoms with van der Waals surface area (Å²) in [5, 5.41) is 21.6. The number of nitrogens with zero attached hydrogens (tertiary/aromatic N) is 1. The number of pyridine rings is 1. The first kappa shape index (κ1) is 14.4. The van der Waals surface area contributed by atoms with Gasteiger partial charge in [-0.25, -0.2) is 14.2 Å². The van der Waals surface area contributed by atoms with Crippen molar-refractivity contribution in [1.29, 1.82) is 0 Å². The molecule has 3 N–H and O–H groups in total. The maximum atomic E-state index is 12.9. The van der Waals surface area contributed by atoms with Crippen LogP contribution in [0.2, 0.25) is 0 Å². The minimum absolute atomic E-state index is 0.0558. The molecule has 0 spiro atoms. The summed E-state index contributed by atoms with van der Waals surface area (Å²) in [6.45, 7) is 3.74. The summed E-state index contributed by atoms with van der Waals surface area (Å²) in [4.78, 5) is 14.6. The summed E-state index contributed by atoms with van der Waals surface area (Å²) >= 11 is 0. The zero-order valence-electron chi connectivity index (χ0n) is 10.4. The molecule has 0 aliphatic rings. The molecule has 0 radical (unpaired) electrons. The number of hydrogen-bond acceptors (Lipinski definition) is 4. The molecule has 1 rings (SSSR count). The van der Waals surface area contributed by atoms with Crippen LogP contribution in [0, 0.1) is 5.82 Å². The van der Waals surface area contributed by atoms with E-state index in [0.29, 0.717) is 6.42 Å². The summed E-state index contributed by atoms with van der Waals surface area (Å²) in [5.41, 5.74) is -1.21. The monoisotopic (exact) mass is 256 g/mol. The topological polar surface area (TPSA) is 82.5 Å². The third-order valence-electron chi connectivity index (χ3n) is 2.51. The van der Waals surface area contributed by atoms with Gasteiger partial charge in [0.25, 0.3) is 0 Å². The summed E-state index contributed by atoms with van der Waals surface area (Å²) in [5.74, 6) is -1.92. The molecule has 5 nitrogen and oxygen atoms in total. The number of carboxylic acids is 1. The van der Waals surface area contributed by atoms with Crippen molar-refractivity contribution < 1.29 is 19.4 Å². The second-order valence-corrected chi connectivity index (χ2v) is 4.46. The summed E-state index contributed by atoms with van der Waals surface area (Å²) in [7, 11) is 0. The van der Waals surface area contributed by atoms with Gasteiger partial charge in [0.1, 0.15) is 17.2 Å².